The molecule has 7 heteroatoms. The predicted molar refractivity (Wildman–Crippen MR) is 132 cm³/mol. The average Bonchev–Trinajstić information content (AvgIpc) is 3.27. The molecule has 2 amide bonds. The highest BCUT2D eigenvalue weighted by Crippen LogP contribution is 2.73. The van der Waals surface area contributed by atoms with Crippen molar-refractivity contribution in [2.75, 3.05) is 0 Å². The van der Waals surface area contributed by atoms with Crippen LogP contribution >= 0.6 is 23.2 Å². The van der Waals surface area contributed by atoms with Crippen molar-refractivity contribution in [3.63, 3.8) is 0 Å². The Kier molecular flexibility index (Phi) is 4.25. The van der Waals surface area contributed by atoms with Gasteiger partial charge in [-0.2, -0.15) is 10.1 Å². The van der Waals surface area contributed by atoms with Gasteiger partial charge in [-0.1, -0.05) is 59.6 Å². The quantitative estimate of drug-likeness (QED) is 0.275. The van der Waals surface area contributed by atoms with Crippen molar-refractivity contribution in [1.29, 1.82) is 0 Å². The van der Waals surface area contributed by atoms with Gasteiger partial charge in [0.05, 0.1) is 18.1 Å². The molecule has 1 aliphatic heterocycles. The fourth-order valence-corrected chi connectivity index (χ4v) is 7.11. The Morgan fingerprint density at radius 2 is 1.71 bits per heavy atom. The number of para-hydroxylation sites is 1. The first kappa shape index (κ1) is 20.5. The van der Waals surface area contributed by atoms with Crippen molar-refractivity contribution in [2.45, 2.75) is 19.4 Å². The van der Waals surface area contributed by atoms with Crippen LogP contribution in [0.25, 0.3) is 10.9 Å². The monoisotopic (exact) mass is 489 g/mol. The van der Waals surface area contributed by atoms with Gasteiger partial charge in [-0.25, -0.2) is 0 Å². The third kappa shape index (κ3) is 2.71. The normalized spacial score (nSPS) is 28.2. The van der Waals surface area contributed by atoms with E-state index in [0.29, 0.717) is 16.6 Å². The molecule has 3 aromatic rings. The molecule has 2 heterocycles. The predicted octanol–water partition coefficient (Wildman–Crippen LogP) is 5.53. The molecule has 7 rings (SSSR count). The lowest BCUT2D eigenvalue weighted by Crippen LogP contribution is -2.30. The second-order valence-corrected chi connectivity index (χ2v) is 10.8. The van der Waals surface area contributed by atoms with E-state index >= 15 is 0 Å². The van der Waals surface area contributed by atoms with Crippen LogP contribution in [0.5, 0.6) is 0 Å². The summed E-state index contributed by atoms with van der Waals surface area (Å²) in [6.45, 7) is 0.563. The van der Waals surface area contributed by atoms with E-state index in [4.69, 9.17) is 23.2 Å². The highest BCUT2D eigenvalue weighted by Gasteiger charge is 2.73. The van der Waals surface area contributed by atoms with Gasteiger partial charge in [-0.05, 0) is 53.9 Å². The Hall–Kier alpha value is -2.89. The molecule has 2 bridgehead atoms. The van der Waals surface area contributed by atoms with Crippen molar-refractivity contribution in [1.82, 2.24) is 9.58 Å². The van der Waals surface area contributed by atoms with Crippen molar-refractivity contribution in [3.8, 4) is 0 Å². The molecule has 3 aliphatic carbocycles. The first-order chi connectivity index (χ1) is 16.5. The topological polar surface area (TPSA) is 54.7 Å². The standard InChI is InChI=1S/C27H21Cl2N3O2/c28-17-6-5-15(21(29)11-17)13-31-14-16(18-3-1-2-4-22(18)31)12-30-32-25(33)23-19-7-8-20(24(23)26(32)34)27(19)9-10-27/h1-8,11-12,14,19-20,23-24H,9-10,13H2/b30-12-/t19-,20-,23-,24-/m1/s1. The number of halogens is 2. The zero-order valence-electron chi connectivity index (χ0n) is 18.2. The minimum absolute atomic E-state index is 0.147. The molecule has 2 aromatic carbocycles. The van der Waals surface area contributed by atoms with E-state index in [1.54, 1.807) is 12.3 Å². The smallest absolute Gasteiger partial charge is 0.254 e. The van der Waals surface area contributed by atoms with Gasteiger partial charge >= 0.3 is 0 Å². The summed E-state index contributed by atoms with van der Waals surface area (Å²) in [6, 6.07) is 13.5. The number of amides is 2. The largest absolute Gasteiger partial charge is 0.342 e. The maximum Gasteiger partial charge on any atom is 0.254 e. The Balaban J connectivity index is 1.20. The molecule has 0 radical (unpaired) electrons. The first-order valence-electron chi connectivity index (χ1n) is 11.6. The van der Waals surface area contributed by atoms with Gasteiger partial charge in [-0.15, -0.1) is 0 Å². The number of aromatic nitrogens is 1. The fraction of sp³-hybridized carbons (Fsp3) is 0.296. The van der Waals surface area contributed by atoms with Crippen molar-refractivity contribution in [3.05, 3.63) is 82.0 Å². The first-order valence-corrected chi connectivity index (χ1v) is 12.4. The summed E-state index contributed by atoms with van der Waals surface area (Å²) in [7, 11) is 0. The van der Waals surface area contributed by atoms with Gasteiger partial charge in [0.2, 0.25) is 0 Å². The number of hydrogen-bond donors (Lipinski definition) is 0. The number of rotatable bonds is 4. The summed E-state index contributed by atoms with van der Waals surface area (Å²) >= 11 is 12.5. The van der Waals surface area contributed by atoms with Crippen LogP contribution in [-0.4, -0.2) is 27.6 Å². The molecule has 2 saturated carbocycles. The molecule has 170 valence electrons. The number of allylic oxidation sites excluding steroid dienone is 2. The minimum Gasteiger partial charge on any atom is -0.342 e. The molecule has 4 atom stereocenters. The lowest BCUT2D eigenvalue weighted by molar-refractivity contribution is -0.141. The number of benzene rings is 2. The molecule has 5 nitrogen and oxygen atoms in total. The number of fused-ring (bicyclic) bond motifs is 4. The number of carbonyl (C=O) groups excluding carboxylic acids is 2. The lowest BCUT2D eigenvalue weighted by atomic mass is 9.85. The summed E-state index contributed by atoms with van der Waals surface area (Å²) in [5, 5.41) is 7.75. The van der Waals surface area contributed by atoms with E-state index in [1.807, 2.05) is 42.6 Å². The number of hydrogen-bond acceptors (Lipinski definition) is 3. The highest BCUT2D eigenvalue weighted by atomic mass is 35.5. The van der Waals surface area contributed by atoms with E-state index in [-0.39, 0.29) is 40.9 Å². The Morgan fingerprint density at radius 1 is 1.00 bits per heavy atom. The van der Waals surface area contributed by atoms with Gasteiger partial charge in [0.25, 0.3) is 11.8 Å². The Labute approximate surface area is 206 Å². The maximum absolute atomic E-state index is 13.2. The van der Waals surface area contributed by atoms with E-state index in [0.717, 1.165) is 39.9 Å². The minimum atomic E-state index is -0.240. The van der Waals surface area contributed by atoms with E-state index in [2.05, 4.69) is 21.8 Å². The van der Waals surface area contributed by atoms with Crippen LogP contribution in [0.15, 0.2) is 65.9 Å². The molecule has 1 aromatic heterocycles. The van der Waals surface area contributed by atoms with Crippen molar-refractivity contribution >= 4 is 52.1 Å². The summed E-state index contributed by atoms with van der Waals surface area (Å²) in [4.78, 5) is 26.5. The van der Waals surface area contributed by atoms with Crippen LogP contribution in [0.3, 0.4) is 0 Å². The third-order valence-corrected chi connectivity index (χ3v) is 8.90. The molecule has 34 heavy (non-hydrogen) atoms. The van der Waals surface area contributed by atoms with E-state index < -0.39 is 0 Å². The summed E-state index contributed by atoms with van der Waals surface area (Å²) in [5.41, 5.74) is 3.00. The summed E-state index contributed by atoms with van der Waals surface area (Å²) < 4.78 is 2.09. The molecule has 1 spiro atoms. The van der Waals surface area contributed by atoms with Gasteiger partial charge in [0, 0.05) is 39.3 Å². The number of hydrazone groups is 1. The number of carbonyl (C=O) groups is 2. The van der Waals surface area contributed by atoms with Crippen molar-refractivity contribution < 1.29 is 9.59 Å². The summed E-state index contributed by atoms with van der Waals surface area (Å²) in [5.74, 6) is -0.376. The fourth-order valence-electron chi connectivity index (χ4n) is 6.64. The Morgan fingerprint density at radius 3 is 2.38 bits per heavy atom. The van der Waals surface area contributed by atoms with Gasteiger partial charge in [0.1, 0.15) is 0 Å². The molecule has 1 saturated heterocycles. The van der Waals surface area contributed by atoms with Gasteiger partial charge in [0.15, 0.2) is 0 Å². The summed E-state index contributed by atoms with van der Waals surface area (Å²) in [6.07, 6.45) is 10.2. The second kappa shape index (κ2) is 7.06. The highest BCUT2D eigenvalue weighted by molar-refractivity contribution is 6.35. The third-order valence-electron chi connectivity index (χ3n) is 8.32. The van der Waals surface area contributed by atoms with E-state index in [9.17, 15) is 9.59 Å². The molecule has 0 unspecified atom stereocenters. The lowest BCUT2D eigenvalue weighted by Gasteiger charge is -2.18. The average molecular weight is 490 g/mol. The van der Waals surface area contributed by atoms with Crippen molar-refractivity contribution in [2.24, 2.45) is 34.2 Å². The van der Waals surface area contributed by atoms with Crippen LogP contribution in [0.1, 0.15) is 24.0 Å². The van der Waals surface area contributed by atoms with Gasteiger partial charge in [-0.3, -0.25) is 9.59 Å². The van der Waals surface area contributed by atoms with Crippen LogP contribution < -0.4 is 0 Å². The molecular formula is C27H21Cl2N3O2. The molecule has 4 aliphatic rings. The maximum atomic E-state index is 13.2. The zero-order chi connectivity index (χ0) is 23.2. The number of imide groups is 1. The zero-order valence-corrected chi connectivity index (χ0v) is 19.7. The van der Waals surface area contributed by atoms with Crippen LogP contribution in [0.2, 0.25) is 10.0 Å². The molecular weight excluding hydrogens is 469 g/mol. The Bertz CT molecular complexity index is 1420. The van der Waals surface area contributed by atoms with Gasteiger partial charge < -0.3 is 4.57 Å². The van der Waals surface area contributed by atoms with Crippen LogP contribution in [-0.2, 0) is 16.1 Å². The SMILES string of the molecule is O=C1[C@H]2[C@H](C(=O)N1/N=C\c1cn(Cc3ccc(Cl)cc3Cl)c3ccccc13)[C@H]1C=C[C@H]2C12CC2. The molecule has 0 N–H and O–H groups in total. The van der Waals surface area contributed by atoms with Crippen LogP contribution in [0.4, 0.5) is 0 Å². The number of nitrogens with zero attached hydrogens (tertiary/aromatic N) is 3. The second-order valence-electron chi connectivity index (χ2n) is 9.92. The van der Waals surface area contributed by atoms with E-state index in [1.165, 1.54) is 0 Å². The van der Waals surface area contributed by atoms with Crippen LogP contribution in [0, 0.1) is 29.1 Å². The molecule has 3 fully saturated rings.